The van der Waals surface area contributed by atoms with E-state index in [1.165, 1.54) is 11.3 Å². The lowest BCUT2D eigenvalue weighted by atomic mass is 9.94. The first-order valence-corrected chi connectivity index (χ1v) is 9.66. The summed E-state index contributed by atoms with van der Waals surface area (Å²) in [7, 11) is 2.15. The normalized spacial score (nSPS) is 20.8. The van der Waals surface area contributed by atoms with Gasteiger partial charge in [-0.3, -0.25) is 5.43 Å². The third kappa shape index (κ3) is 4.35. The highest BCUT2D eigenvalue weighted by Crippen LogP contribution is 2.36. The van der Waals surface area contributed by atoms with Crippen molar-refractivity contribution in [3.63, 3.8) is 0 Å². The Hall–Kier alpha value is -2.28. The number of rotatable bonds is 8. The molecule has 0 radical (unpaired) electrons. The highest BCUT2D eigenvalue weighted by Gasteiger charge is 2.29. The van der Waals surface area contributed by atoms with Crippen molar-refractivity contribution in [1.29, 1.82) is 0 Å². The summed E-state index contributed by atoms with van der Waals surface area (Å²) >= 11 is 0. The molecule has 0 amide bonds. The number of anilines is 1. The standard InChI is InChI=1S/C21H28N4O2/c1-25(18-6-3-2-4-7-18)11-5-10-22-13-17-14-23-24-21(17)16-8-9-19-20(12-16)27-15-26-19/h2-4,6-9,12,17,21-24H,5,10-11,13-15H2,1H3. The molecule has 2 aromatic rings. The van der Waals surface area contributed by atoms with Crippen LogP contribution in [0.1, 0.15) is 18.0 Å². The van der Waals surface area contributed by atoms with E-state index in [1.807, 2.05) is 6.07 Å². The van der Waals surface area contributed by atoms with Gasteiger partial charge in [0.2, 0.25) is 6.79 Å². The Bertz CT molecular complexity index is 740. The van der Waals surface area contributed by atoms with Gasteiger partial charge in [0.15, 0.2) is 11.5 Å². The van der Waals surface area contributed by atoms with Crippen molar-refractivity contribution < 1.29 is 9.47 Å². The maximum Gasteiger partial charge on any atom is 0.231 e. The number of fused-ring (bicyclic) bond motifs is 1. The third-order valence-corrected chi connectivity index (χ3v) is 5.30. The molecular weight excluding hydrogens is 340 g/mol. The largest absolute Gasteiger partial charge is 0.454 e. The molecule has 0 saturated carbocycles. The molecule has 144 valence electrons. The minimum absolute atomic E-state index is 0.277. The Morgan fingerprint density at radius 2 is 1.96 bits per heavy atom. The fourth-order valence-electron chi connectivity index (χ4n) is 3.73. The molecule has 2 aromatic carbocycles. The van der Waals surface area contributed by atoms with Crippen LogP contribution in [0.3, 0.4) is 0 Å². The van der Waals surface area contributed by atoms with Crippen LogP contribution in [-0.2, 0) is 0 Å². The van der Waals surface area contributed by atoms with Crippen molar-refractivity contribution in [3.8, 4) is 11.5 Å². The molecule has 6 nitrogen and oxygen atoms in total. The lowest BCUT2D eigenvalue weighted by Crippen LogP contribution is -2.30. The summed E-state index contributed by atoms with van der Waals surface area (Å²) in [5, 5.41) is 3.62. The number of hydrogen-bond acceptors (Lipinski definition) is 6. The minimum atomic E-state index is 0.277. The van der Waals surface area contributed by atoms with Crippen molar-refractivity contribution >= 4 is 5.69 Å². The van der Waals surface area contributed by atoms with Gasteiger partial charge in [0.05, 0.1) is 6.04 Å². The van der Waals surface area contributed by atoms with Gasteiger partial charge in [0, 0.05) is 38.3 Å². The van der Waals surface area contributed by atoms with Gasteiger partial charge in [-0.05, 0) is 42.8 Å². The number of para-hydroxylation sites is 1. The SMILES string of the molecule is CN(CCCNCC1CNNC1c1ccc2c(c1)OCO2)c1ccccc1. The average molecular weight is 368 g/mol. The summed E-state index contributed by atoms with van der Waals surface area (Å²) in [6.45, 7) is 4.31. The smallest absolute Gasteiger partial charge is 0.231 e. The quantitative estimate of drug-likeness (QED) is 0.622. The van der Waals surface area contributed by atoms with E-state index in [1.54, 1.807) is 0 Å². The number of ether oxygens (including phenoxy) is 2. The monoisotopic (exact) mass is 368 g/mol. The van der Waals surface area contributed by atoms with Crippen LogP contribution < -0.4 is 30.5 Å². The molecule has 1 fully saturated rings. The molecule has 27 heavy (non-hydrogen) atoms. The molecule has 4 rings (SSSR count). The van der Waals surface area contributed by atoms with Gasteiger partial charge in [-0.2, -0.15) is 0 Å². The molecule has 2 unspecified atom stereocenters. The van der Waals surface area contributed by atoms with E-state index in [0.29, 0.717) is 12.7 Å². The summed E-state index contributed by atoms with van der Waals surface area (Å²) in [6.07, 6.45) is 1.12. The molecule has 2 aliphatic rings. The third-order valence-electron chi connectivity index (χ3n) is 5.30. The first kappa shape index (κ1) is 18.1. The Balaban J connectivity index is 1.22. The van der Waals surface area contributed by atoms with Gasteiger partial charge < -0.3 is 19.7 Å². The zero-order valence-electron chi connectivity index (χ0n) is 15.8. The lowest BCUT2D eigenvalue weighted by Gasteiger charge is -2.21. The van der Waals surface area contributed by atoms with Crippen LogP contribution in [0, 0.1) is 5.92 Å². The zero-order valence-corrected chi connectivity index (χ0v) is 15.8. The first-order valence-electron chi connectivity index (χ1n) is 9.66. The molecule has 0 spiro atoms. The summed E-state index contributed by atoms with van der Waals surface area (Å²) < 4.78 is 10.9. The maximum absolute atomic E-state index is 5.52. The second-order valence-corrected chi connectivity index (χ2v) is 7.19. The number of hydrazine groups is 1. The van der Waals surface area contributed by atoms with Gasteiger partial charge in [0.25, 0.3) is 0 Å². The van der Waals surface area contributed by atoms with Crippen molar-refractivity contribution in [3.05, 3.63) is 54.1 Å². The lowest BCUT2D eigenvalue weighted by molar-refractivity contribution is 0.174. The van der Waals surface area contributed by atoms with E-state index in [2.05, 4.69) is 70.6 Å². The Morgan fingerprint density at radius 3 is 2.85 bits per heavy atom. The van der Waals surface area contributed by atoms with Gasteiger partial charge in [-0.1, -0.05) is 24.3 Å². The van der Waals surface area contributed by atoms with Crippen LogP contribution in [0.25, 0.3) is 0 Å². The topological polar surface area (TPSA) is 57.8 Å². The molecule has 1 saturated heterocycles. The van der Waals surface area contributed by atoms with Crippen molar-refractivity contribution in [2.45, 2.75) is 12.5 Å². The van der Waals surface area contributed by atoms with E-state index in [0.717, 1.165) is 44.1 Å². The summed E-state index contributed by atoms with van der Waals surface area (Å²) in [6, 6.07) is 17.0. The highest BCUT2D eigenvalue weighted by molar-refractivity contribution is 5.46. The van der Waals surface area contributed by atoms with Crippen molar-refractivity contribution in [2.24, 2.45) is 5.92 Å². The molecular formula is C21H28N4O2. The van der Waals surface area contributed by atoms with Gasteiger partial charge in [-0.25, -0.2) is 5.43 Å². The van der Waals surface area contributed by atoms with Gasteiger partial charge >= 0.3 is 0 Å². The average Bonchev–Trinajstić information content (AvgIpc) is 3.36. The summed E-state index contributed by atoms with van der Waals surface area (Å²) in [4.78, 5) is 2.30. The predicted octanol–water partition coefficient (Wildman–Crippen LogP) is 2.30. The minimum Gasteiger partial charge on any atom is -0.454 e. The molecule has 0 aliphatic carbocycles. The molecule has 3 N–H and O–H groups in total. The molecule has 0 aromatic heterocycles. The fraction of sp³-hybridized carbons (Fsp3) is 0.429. The van der Waals surface area contributed by atoms with Crippen LogP contribution >= 0.6 is 0 Å². The van der Waals surface area contributed by atoms with E-state index in [-0.39, 0.29) is 6.04 Å². The van der Waals surface area contributed by atoms with E-state index in [9.17, 15) is 0 Å². The Kier molecular flexibility index (Phi) is 5.77. The van der Waals surface area contributed by atoms with E-state index < -0.39 is 0 Å². The van der Waals surface area contributed by atoms with Crippen molar-refractivity contribution in [2.75, 3.05) is 44.9 Å². The number of nitrogens with one attached hydrogen (secondary N) is 3. The molecule has 0 bridgehead atoms. The first-order chi connectivity index (χ1) is 13.3. The number of benzene rings is 2. The Morgan fingerprint density at radius 1 is 1.11 bits per heavy atom. The van der Waals surface area contributed by atoms with Crippen LogP contribution in [0.5, 0.6) is 11.5 Å². The highest BCUT2D eigenvalue weighted by atomic mass is 16.7. The molecule has 2 aliphatic heterocycles. The number of nitrogens with zero attached hydrogens (tertiary/aromatic N) is 1. The zero-order chi connectivity index (χ0) is 18.5. The molecule has 2 atom stereocenters. The van der Waals surface area contributed by atoms with Crippen LogP contribution in [0.4, 0.5) is 5.69 Å². The van der Waals surface area contributed by atoms with Gasteiger partial charge in [-0.15, -0.1) is 0 Å². The van der Waals surface area contributed by atoms with E-state index in [4.69, 9.17) is 9.47 Å². The maximum atomic E-state index is 5.52. The van der Waals surface area contributed by atoms with E-state index >= 15 is 0 Å². The van der Waals surface area contributed by atoms with Crippen LogP contribution in [0.2, 0.25) is 0 Å². The van der Waals surface area contributed by atoms with Crippen LogP contribution in [-0.4, -0.2) is 40.0 Å². The van der Waals surface area contributed by atoms with Crippen molar-refractivity contribution in [1.82, 2.24) is 16.2 Å². The Labute approximate surface area is 160 Å². The predicted molar refractivity (Wildman–Crippen MR) is 107 cm³/mol. The molecule has 6 heteroatoms. The second kappa shape index (κ2) is 8.61. The fourth-order valence-corrected chi connectivity index (χ4v) is 3.73. The molecule has 2 heterocycles. The summed E-state index contributed by atoms with van der Waals surface area (Å²) in [5.74, 6) is 2.18. The summed E-state index contributed by atoms with van der Waals surface area (Å²) in [5.41, 5.74) is 9.20. The van der Waals surface area contributed by atoms with Gasteiger partial charge in [0.1, 0.15) is 0 Å². The number of hydrogen-bond donors (Lipinski definition) is 3. The van der Waals surface area contributed by atoms with Crippen LogP contribution in [0.15, 0.2) is 48.5 Å². The second-order valence-electron chi connectivity index (χ2n) is 7.19.